The van der Waals surface area contributed by atoms with Crippen molar-refractivity contribution in [2.45, 2.75) is 56.5 Å². The first-order valence-corrected chi connectivity index (χ1v) is 12.9. The SMILES string of the molecule is O=C(Cc1scc(C2CCC(F)(F)C2)c1O)O[C@H]1C[N+]2(CC(=O)c3ccccc3)CCC1CC2. The van der Waals surface area contributed by atoms with Gasteiger partial charge in [0.2, 0.25) is 11.7 Å². The van der Waals surface area contributed by atoms with Gasteiger partial charge in [-0.15, -0.1) is 11.3 Å². The third-order valence-electron chi connectivity index (χ3n) is 7.91. The molecule has 1 unspecified atom stereocenters. The van der Waals surface area contributed by atoms with Crippen molar-refractivity contribution in [3.63, 3.8) is 0 Å². The fourth-order valence-corrected chi connectivity index (χ4v) is 6.98. The standard InChI is InChI=1S/C26H29F2NO4S/c27-26(28)9-6-19(13-26)20-16-34-23(25(20)32)12-24(31)33-22-15-29(10-7-18(22)8-11-29)14-21(30)17-4-2-1-3-5-17/h1-5,16,18-19,22H,6-15H2/p+1/t18?,19?,22-,29?/m0/s1. The average Bonchev–Trinajstić information content (AvgIpc) is 3.36. The summed E-state index contributed by atoms with van der Waals surface area (Å²) in [6.45, 7) is 2.87. The highest BCUT2D eigenvalue weighted by atomic mass is 32.1. The van der Waals surface area contributed by atoms with Gasteiger partial charge in [-0.3, -0.25) is 9.59 Å². The van der Waals surface area contributed by atoms with Crippen molar-refractivity contribution >= 4 is 23.1 Å². The lowest BCUT2D eigenvalue weighted by atomic mass is 9.82. The van der Waals surface area contributed by atoms with E-state index >= 15 is 0 Å². The zero-order valence-corrected chi connectivity index (χ0v) is 19.9. The predicted octanol–water partition coefficient (Wildman–Crippen LogP) is 4.93. The molecule has 4 fully saturated rings. The Hall–Kier alpha value is -2.32. The normalized spacial score (nSPS) is 29.8. The van der Waals surface area contributed by atoms with E-state index in [1.165, 1.54) is 11.3 Å². The Kier molecular flexibility index (Phi) is 6.23. The van der Waals surface area contributed by atoms with Gasteiger partial charge in [0.05, 0.1) is 24.4 Å². The molecular weight excluding hydrogens is 460 g/mol. The first-order chi connectivity index (χ1) is 16.2. The van der Waals surface area contributed by atoms with E-state index < -0.39 is 11.9 Å². The summed E-state index contributed by atoms with van der Waals surface area (Å²) in [5, 5.41) is 12.3. The number of nitrogens with zero attached hydrogens (tertiary/aromatic N) is 1. The Morgan fingerprint density at radius 1 is 1.15 bits per heavy atom. The molecule has 3 aliphatic heterocycles. The Balaban J connectivity index is 1.20. The van der Waals surface area contributed by atoms with Crippen molar-refractivity contribution in [1.82, 2.24) is 0 Å². The van der Waals surface area contributed by atoms with Crippen LogP contribution in [0, 0.1) is 5.92 Å². The fraction of sp³-hybridized carbons (Fsp3) is 0.538. The molecule has 4 aliphatic rings. The summed E-state index contributed by atoms with van der Waals surface area (Å²) >= 11 is 1.23. The molecule has 1 aromatic heterocycles. The number of Topliss-reactive ketones (excluding diaryl/α,β-unsaturated/α-hetero) is 1. The quantitative estimate of drug-likeness (QED) is 0.340. The van der Waals surface area contributed by atoms with Gasteiger partial charge in [0, 0.05) is 42.7 Å². The summed E-state index contributed by atoms with van der Waals surface area (Å²) < 4.78 is 33.7. The number of alkyl halides is 2. The van der Waals surface area contributed by atoms with Gasteiger partial charge in [0.1, 0.15) is 18.8 Å². The molecule has 6 rings (SSSR count). The smallest absolute Gasteiger partial charge is 0.311 e. The van der Waals surface area contributed by atoms with Crippen molar-refractivity contribution in [3.8, 4) is 5.75 Å². The molecule has 5 nitrogen and oxygen atoms in total. The van der Waals surface area contributed by atoms with Crippen molar-refractivity contribution in [2.24, 2.45) is 5.92 Å². The minimum atomic E-state index is -2.69. The summed E-state index contributed by atoms with van der Waals surface area (Å²) in [5.74, 6) is -3.09. The molecule has 34 heavy (non-hydrogen) atoms. The van der Waals surface area contributed by atoms with E-state index in [1.807, 2.05) is 30.3 Å². The van der Waals surface area contributed by atoms with Gasteiger partial charge in [-0.2, -0.15) is 0 Å². The first-order valence-electron chi connectivity index (χ1n) is 12.0. The molecule has 0 amide bonds. The number of piperidine rings is 3. The van der Waals surface area contributed by atoms with E-state index in [-0.39, 0.29) is 42.8 Å². The van der Waals surface area contributed by atoms with E-state index in [9.17, 15) is 23.5 Å². The van der Waals surface area contributed by atoms with Crippen LogP contribution in [-0.2, 0) is 16.0 Å². The Morgan fingerprint density at radius 2 is 1.88 bits per heavy atom. The number of rotatable bonds is 7. The zero-order valence-electron chi connectivity index (χ0n) is 19.1. The average molecular weight is 491 g/mol. The molecule has 8 heteroatoms. The number of aromatic hydroxyl groups is 1. The van der Waals surface area contributed by atoms with Crippen LogP contribution in [0.25, 0.3) is 0 Å². The van der Waals surface area contributed by atoms with Gasteiger partial charge < -0.3 is 14.3 Å². The number of esters is 1. The first kappa shape index (κ1) is 23.4. The van der Waals surface area contributed by atoms with Gasteiger partial charge in [0.15, 0.2) is 6.10 Å². The van der Waals surface area contributed by atoms with Crippen LogP contribution in [0.1, 0.15) is 58.8 Å². The third kappa shape index (κ3) is 4.75. The van der Waals surface area contributed by atoms with Crippen LogP contribution in [0.2, 0.25) is 0 Å². The molecule has 1 N–H and O–H groups in total. The second-order valence-corrected chi connectivity index (χ2v) is 11.2. The summed E-state index contributed by atoms with van der Waals surface area (Å²) in [6.07, 6.45) is 1.45. The van der Waals surface area contributed by atoms with E-state index in [4.69, 9.17) is 4.74 Å². The van der Waals surface area contributed by atoms with Crippen LogP contribution in [0.4, 0.5) is 8.78 Å². The molecule has 4 heterocycles. The van der Waals surface area contributed by atoms with Crippen molar-refractivity contribution in [1.29, 1.82) is 0 Å². The van der Waals surface area contributed by atoms with Gasteiger partial charge in [0.25, 0.3) is 0 Å². The molecule has 182 valence electrons. The lowest BCUT2D eigenvalue weighted by Gasteiger charge is -2.51. The zero-order chi connectivity index (χ0) is 23.9. The van der Waals surface area contributed by atoms with Crippen molar-refractivity contribution < 1.29 is 32.7 Å². The molecule has 1 aliphatic carbocycles. The highest BCUT2D eigenvalue weighted by Crippen LogP contribution is 2.48. The maximum Gasteiger partial charge on any atom is 0.311 e. The van der Waals surface area contributed by atoms with Gasteiger partial charge in [-0.25, -0.2) is 8.78 Å². The lowest BCUT2D eigenvalue weighted by Crippen LogP contribution is -2.65. The minimum Gasteiger partial charge on any atom is -0.506 e. The monoisotopic (exact) mass is 490 g/mol. The maximum atomic E-state index is 13.6. The Bertz CT molecular complexity index is 1060. The van der Waals surface area contributed by atoms with Crippen LogP contribution in [0.15, 0.2) is 35.7 Å². The number of hydrogen-bond donors (Lipinski definition) is 1. The summed E-state index contributed by atoms with van der Waals surface area (Å²) in [4.78, 5) is 26.1. The number of quaternary nitrogens is 1. The van der Waals surface area contributed by atoms with E-state index in [0.29, 0.717) is 45.9 Å². The second kappa shape index (κ2) is 9.04. The number of halogens is 2. The number of carbonyl (C=O) groups excluding carboxylic acids is 2. The molecular formula is C26H30F2NO4S+. The third-order valence-corrected chi connectivity index (χ3v) is 8.91. The minimum absolute atomic E-state index is 0.0319. The summed E-state index contributed by atoms with van der Waals surface area (Å²) in [5.41, 5.74) is 1.23. The number of hydrogen-bond acceptors (Lipinski definition) is 5. The van der Waals surface area contributed by atoms with Crippen molar-refractivity contribution in [3.05, 3.63) is 51.7 Å². The number of fused-ring (bicyclic) bond motifs is 3. The van der Waals surface area contributed by atoms with E-state index in [1.54, 1.807) is 5.38 Å². The Labute approximate surface area is 201 Å². The maximum absolute atomic E-state index is 13.6. The molecule has 0 radical (unpaired) electrons. The van der Waals surface area contributed by atoms with Gasteiger partial charge >= 0.3 is 5.97 Å². The molecule has 1 saturated carbocycles. The van der Waals surface area contributed by atoms with Crippen LogP contribution in [-0.4, -0.2) is 59.5 Å². The molecule has 2 atom stereocenters. The summed E-state index contributed by atoms with van der Waals surface area (Å²) in [7, 11) is 0. The molecule has 2 bridgehead atoms. The number of benzene rings is 1. The van der Waals surface area contributed by atoms with E-state index in [2.05, 4.69) is 0 Å². The number of ketones is 1. The van der Waals surface area contributed by atoms with E-state index in [0.717, 1.165) is 25.9 Å². The fourth-order valence-electron chi connectivity index (χ4n) is 5.98. The van der Waals surface area contributed by atoms with Gasteiger partial charge in [-0.05, 0) is 17.7 Å². The number of carbonyl (C=O) groups is 2. The molecule has 1 aromatic carbocycles. The second-order valence-electron chi connectivity index (χ2n) is 10.2. The van der Waals surface area contributed by atoms with Gasteiger partial charge in [-0.1, -0.05) is 30.3 Å². The molecule has 0 spiro atoms. The highest BCUT2D eigenvalue weighted by molar-refractivity contribution is 7.10. The number of ether oxygens (including phenoxy) is 1. The predicted molar refractivity (Wildman–Crippen MR) is 124 cm³/mol. The highest BCUT2D eigenvalue weighted by Gasteiger charge is 2.48. The van der Waals surface area contributed by atoms with Crippen molar-refractivity contribution in [2.75, 3.05) is 26.2 Å². The topological polar surface area (TPSA) is 63.6 Å². The van der Waals surface area contributed by atoms with Crippen LogP contribution >= 0.6 is 11.3 Å². The van der Waals surface area contributed by atoms with Crippen LogP contribution < -0.4 is 0 Å². The summed E-state index contributed by atoms with van der Waals surface area (Å²) in [6, 6.07) is 9.29. The Morgan fingerprint density at radius 3 is 2.56 bits per heavy atom. The largest absolute Gasteiger partial charge is 0.506 e. The molecule has 3 saturated heterocycles. The molecule has 2 aromatic rings. The van der Waals surface area contributed by atoms with Crippen LogP contribution in [0.5, 0.6) is 5.75 Å². The number of thiophene rings is 1. The lowest BCUT2D eigenvalue weighted by molar-refractivity contribution is -0.938. The van der Waals surface area contributed by atoms with Crippen LogP contribution in [0.3, 0.4) is 0 Å².